The predicted molar refractivity (Wildman–Crippen MR) is 80.1 cm³/mol. The Bertz CT molecular complexity index is 662. The third-order valence-corrected chi connectivity index (χ3v) is 3.37. The third-order valence-electron chi connectivity index (χ3n) is 2.77. The summed E-state index contributed by atoms with van der Waals surface area (Å²) in [6.07, 6.45) is 2.91. The predicted octanol–water partition coefficient (Wildman–Crippen LogP) is 1.89. The maximum absolute atomic E-state index is 11.1. The summed E-state index contributed by atoms with van der Waals surface area (Å²) < 4.78 is 26.6. The highest BCUT2D eigenvalue weighted by molar-refractivity contribution is 7.92. The summed E-state index contributed by atoms with van der Waals surface area (Å²) in [6.45, 7) is 3.55. The molecule has 0 aliphatic carbocycles. The highest BCUT2D eigenvalue weighted by Gasteiger charge is 2.03. The number of hydrogen-bond acceptors (Lipinski definition) is 4. The van der Waals surface area contributed by atoms with Gasteiger partial charge in [-0.3, -0.25) is 9.40 Å². The molecule has 6 nitrogen and oxygen atoms in total. The van der Waals surface area contributed by atoms with Crippen LogP contribution in [-0.2, 0) is 23.1 Å². The van der Waals surface area contributed by atoms with Crippen LogP contribution in [0, 0.1) is 0 Å². The van der Waals surface area contributed by atoms with Crippen LogP contribution in [0.2, 0.25) is 0 Å². The van der Waals surface area contributed by atoms with E-state index < -0.39 is 10.0 Å². The minimum atomic E-state index is -3.23. The molecular formula is C13H18N4O2S. The quantitative estimate of drug-likeness (QED) is 0.853. The normalized spacial score (nSPS) is 11.3. The van der Waals surface area contributed by atoms with Crippen LogP contribution in [0.1, 0.15) is 12.6 Å². The van der Waals surface area contributed by atoms with Gasteiger partial charge < -0.3 is 5.32 Å². The minimum absolute atomic E-state index is 0.552. The zero-order valence-corrected chi connectivity index (χ0v) is 12.3. The lowest BCUT2D eigenvalue weighted by Crippen LogP contribution is -2.10. The lowest BCUT2D eigenvalue weighted by atomic mass is 10.3. The molecule has 0 aliphatic rings. The SMILES string of the molecule is CCn1nccc1CNc1ccc(NS(C)(=O)=O)cc1. The topological polar surface area (TPSA) is 76.0 Å². The fraction of sp³-hybridized carbons (Fsp3) is 0.308. The second-order valence-electron chi connectivity index (χ2n) is 4.44. The van der Waals surface area contributed by atoms with E-state index in [-0.39, 0.29) is 0 Å². The van der Waals surface area contributed by atoms with Gasteiger partial charge in [-0.25, -0.2) is 8.42 Å². The van der Waals surface area contributed by atoms with Crippen molar-refractivity contribution in [3.8, 4) is 0 Å². The molecule has 0 unspecified atom stereocenters. The fourth-order valence-electron chi connectivity index (χ4n) is 1.86. The zero-order valence-electron chi connectivity index (χ0n) is 11.5. The molecule has 0 aliphatic heterocycles. The van der Waals surface area contributed by atoms with Crippen LogP contribution in [-0.4, -0.2) is 24.5 Å². The van der Waals surface area contributed by atoms with Crippen molar-refractivity contribution in [2.75, 3.05) is 16.3 Å². The second-order valence-corrected chi connectivity index (χ2v) is 6.19. The van der Waals surface area contributed by atoms with E-state index in [0.717, 1.165) is 24.2 Å². The van der Waals surface area contributed by atoms with Gasteiger partial charge in [0.2, 0.25) is 10.0 Å². The van der Waals surface area contributed by atoms with Gasteiger partial charge in [0.25, 0.3) is 0 Å². The van der Waals surface area contributed by atoms with Crippen LogP contribution < -0.4 is 10.0 Å². The van der Waals surface area contributed by atoms with Crippen molar-refractivity contribution in [2.45, 2.75) is 20.0 Å². The van der Waals surface area contributed by atoms with Crippen molar-refractivity contribution in [2.24, 2.45) is 0 Å². The molecule has 0 saturated heterocycles. The Morgan fingerprint density at radius 3 is 2.40 bits per heavy atom. The Morgan fingerprint density at radius 1 is 1.15 bits per heavy atom. The average Bonchev–Trinajstić information content (AvgIpc) is 2.83. The number of sulfonamides is 1. The number of benzene rings is 1. The van der Waals surface area contributed by atoms with Crippen molar-refractivity contribution in [1.29, 1.82) is 0 Å². The number of aryl methyl sites for hydroxylation is 1. The molecule has 0 bridgehead atoms. The molecule has 1 aromatic heterocycles. The third kappa shape index (κ3) is 3.99. The van der Waals surface area contributed by atoms with Gasteiger partial charge in [0.15, 0.2) is 0 Å². The van der Waals surface area contributed by atoms with E-state index in [9.17, 15) is 8.42 Å². The van der Waals surface area contributed by atoms with Gasteiger partial charge in [0.1, 0.15) is 0 Å². The average molecular weight is 294 g/mol. The molecule has 2 rings (SSSR count). The van der Waals surface area contributed by atoms with Gasteiger partial charge >= 0.3 is 0 Å². The molecule has 2 aromatic rings. The Kier molecular flexibility index (Phi) is 4.29. The smallest absolute Gasteiger partial charge is 0.229 e. The van der Waals surface area contributed by atoms with E-state index >= 15 is 0 Å². The van der Waals surface area contributed by atoms with Crippen molar-refractivity contribution >= 4 is 21.4 Å². The number of anilines is 2. The molecule has 0 saturated carbocycles. The molecule has 0 atom stereocenters. The summed E-state index contributed by atoms with van der Waals surface area (Å²) in [5.74, 6) is 0. The molecule has 108 valence electrons. The molecule has 7 heteroatoms. The lowest BCUT2D eigenvalue weighted by molar-refractivity contribution is 0.607. The first kappa shape index (κ1) is 14.4. The molecule has 1 heterocycles. The second kappa shape index (κ2) is 5.96. The number of nitrogens with zero attached hydrogens (tertiary/aromatic N) is 2. The van der Waals surface area contributed by atoms with Crippen molar-refractivity contribution in [1.82, 2.24) is 9.78 Å². The van der Waals surface area contributed by atoms with Crippen molar-refractivity contribution in [3.63, 3.8) is 0 Å². The monoisotopic (exact) mass is 294 g/mol. The van der Waals surface area contributed by atoms with Gasteiger partial charge in [-0.1, -0.05) is 0 Å². The number of aromatic nitrogens is 2. The highest BCUT2D eigenvalue weighted by atomic mass is 32.2. The summed E-state index contributed by atoms with van der Waals surface area (Å²) in [4.78, 5) is 0. The summed E-state index contributed by atoms with van der Waals surface area (Å²) in [5.41, 5.74) is 2.58. The van der Waals surface area contributed by atoms with Crippen LogP contribution >= 0.6 is 0 Å². The minimum Gasteiger partial charge on any atom is -0.379 e. The molecule has 0 fully saturated rings. The van der Waals surface area contributed by atoms with Gasteiger partial charge in [-0.05, 0) is 37.3 Å². The summed E-state index contributed by atoms with van der Waals surface area (Å²) in [6, 6.07) is 9.08. The van der Waals surface area contributed by atoms with Crippen molar-refractivity contribution in [3.05, 3.63) is 42.2 Å². The Morgan fingerprint density at radius 2 is 1.80 bits per heavy atom. The molecule has 0 spiro atoms. The van der Waals surface area contributed by atoms with Gasteiger partial charge in [-0.15, -0.1) is 0 Å². The van der Waals surface area contributed by atoms with E-state index in [2.05, 4.69) is 15.1 Å². The largest absolute Gasteiger partial charge is 0.379 e. The standard InChI is InChI=1S/C13H18N4O2S/c1-3-17-13(8-9-15-17)10-14-11-4-6-12(7-5-11)16-20(2,18)19/h4-9,14,16H,3,10H2,1-2H3. The van der Waals surface area contributed by atoms with E-state index in [4.69, 9.17) is 0 Å². The highest BCUT2D eigenvalue weighted by Crippen LogP contribution is 2.15. The molecule has 1 aromatic carbocycles. The van der Waals surface area contributed by atoms with E-state index in [1.165, 1.54) is 0 Å². The maximum Gasteiger partial charge on any atom is 0.229 e. The van der Waals surface area contributed by atoms with E-state index in [1.54, 1.807) is 18.3 Å². The van der Waals surface area contributed by atoms with Crippen molar-refractivity contribution < 1.29 is 8.42 Å². The summed E-state index contributed by atoms with van der Waals surface area (Å²) in [5, 5.41) is 7.48. The van der Waals surface area contributed by atoms with Gasteiger partial charge in [0, 0.05) is 24.1 Å². The molecule has 2 N–H and O–H groups in total. The Hall–Kier alpha value is -2.02. The number of nitrogens with one attached hydrogen (secondary N) is 2. The maximum atomic E-state index is 11.1. The molecule has 0 radical (unpaired) electrons. The molecule has 0 amide bonds. The van der Waals surface area contributed by atoms with Crippen LogP contribution in [0.4, 0.5) is 11.4 Å². The van der Waals surface area contributed by atoms with Gasteiger partial charge in [0.05, 0.1) is 18.5 Å². The number of hydrogen-bond donors (Lipinski definition) is 2. The molecule has 20 heavy (non-hydrogen) atoms. The lowest BCUT2D eigenvalue weighted by Gasteiger charge is -2.09. The van der Waals surface area contributed by atoms with Gasteiger partial charge in [-0.2, -0.15) is 5.10 Å². The first-order chi connectivity index (χ1) is 9.48. The van der Waals surface area contributed by atoms with Crippen LogP contribution in [0.25, 0.3) is 0 Å². The Labute approximate surface area is 118 Å². The van der Waals surface area contributed by atoms with Crippen LogP contribution in [0.3, 0.4) is 0 Å². The first-order valence-corrected chi connectivity index (χ1v) is 8.19. The van der Waals surface area contributed by atoms with E-state index in [0.29, 0.717) is 12.2 Å². The molecular weight excluding hydrogens is 276 g/mol. The number of rotatable bonds is 6. The first-order valence-electron chi connectivity index (χ1n) is 6.30. The zero-order chi connectivity index (χ0) is 14.6. The van der Waals surface area contributed by atoms with Crippen LogP contribution in [0.5, 0.6) is 0 Å². The Balaban J connectivity index is 1.97. The van der Waals surface area contributed by atoms with E-state index in [1.807, 2.05) is 29.8 Å². The van der Waals surface area contributed by atoms with Crippen LogP contribution in [0.15, 0.2) is 36.5 Å². The summed E-state index contributed by atoms with van der Waals surface area (Å²) in [7, 11) is -3.23. The summed E-state index contributed by atoms with van der Waals surface area (Å²) >= 11 is 0. The fourth-order valence-corrected chi connectivity index (χ4v) is 2.42.